The fraction of sp³-hybridized carbons (Fsp3) is 0.364. The molecule has 0 amide bonds. The van der Waals surface area contributed by atoms with Crippen molar-refractivity contribution in [2.45, 2.75) is 38.5 Å². The summed E-state index contributed by atoms with van der Waals surface area (Å²) in [5.41, 5.74) is -0.323. The zero-order chi connectivity index (χ0) is 21.2. The lowest BCUT2D eigenvalue weighted by atomic mass is 9.96. The van der Waals surface area contributed by atoms with E-state index in [1.165, 1.54) is 6.07 Å². The largest absolute Gasteiger partial charge is 0.416 e. The molecule has 0 aliphatic heterocycles. The van der Waals surface area contributed by atoms with Crippen LogP contribution in [0.5, 0.6) is 0 Å². The molecule has 1 unspecified atom stereocenters. The lowest BCUT2D eigenvalue weighted by Gasteiger charge is -2.18. The van der Waals surface area contributed by atoms with Crippen LogP contribution in [0, 0.1) is 0 Å². The highest BCUT2D eigenvalue weighted by atomic mass is 35.5. The monoisotopic (exact) mass is 479 g/mol. The van der Waals surface area contributed by atoms with Gasteiger partial charge in [-0.05, 0) is 60.3 Å². The van der Waals surface area contributed by atoms with Crippen LogP contribution >= 0.6 is 35.6 Å². The average molecular weight is 481 g/mol. The molecule has 0 aliphatic rings. The fourth-order valence-electron chi connectivity index (χ4n) is 3.44. The second-order valence-electron chi connectivity index (χ2n) is 7.09. The van der Waals surface area contributed by atoms with Gasteiger partial charge in [0.2, 0.25) is 0 Å². The quantitative estimate of drug-likeness (QED) is 0.270. The van der Waals surface area contributed by atoms with Gasteiger partial charge in [0.05, 0.1) is 16.7 Å². The molecule has 0 radical (unpaired) electrons. The molecule has 0 fully saturated rings. The number of fused-ring (bicyclic) bond motifs is 3. The van der Waals surface area contributed by atoms with Gasteiger partial charge in [-0.1, -0.05) is 54.7 Å². The Kier molecular flexibility index (Phi) is 8.66. The van der Waals surface area contributed by atoms with Crippen molar-refractivity contribution in [3.8, 4) is 0 Å². The molecule has 0 spiro atoms. The van der Waals surface area contributed by atoms with Crippen LogP contribution in [-0.4, -0.2) is 18.2 Å². The van der Waals surface area contributed by atoms with Crippen LogP contribution < -0.4 is 5.32 Å². The fourth-order valence-corrected chi connectivity index (χ4v) is 4.21. The molecule has 0 saturated heterocycles. The van der Waals surface area contributed by atoms with E-state index in [0.717, 1.165) is 31.5 Å². The first-order chi connectivity index (χ1) is 13.7. The van der Waals surface area contributed by atoms with Gasteiger partial charge >= 0.3 is 6.18 Å². The van der Waals surface area contributed by atoms with Gasteiger partial charge in [-0.25, -0.2) is 0 Å². The number of hydrogen-bond acceptors (Lipinski definition) is 2. The number of benzene rings is 3. The van der Waals surface area contributed by atoms with E-state index in [4.69, 9.17) is 23.2 Å². The number of halogens is 6. The number of alkyl halides is 3. The van der Waals surface area contributed by atoms with Crippen molar-refractivity contribution in [3.05, 3.63) is 57.6 Å². The summed E-state index contributed by atoms with van der Waals surface area (Å²) in [7, 11) is 0. The minimum absolute atomic E-state index is 0. The Labute approximate surface area is 189 Å². The van der Waals surface area contributed by atoms with Crippen molar-refractivity contribution in [1.82, 2.24) is 5.32 Å². The van der Waals surface area contributed by atoms with Crippen molar-refractivity contribution in [1.29, 1.82) is 0 Å². The van der Waals surface area contributed by atoms with Gasteiger partial charge in [0, 0.05) is 16.0 Å². The van der Waals surface area contributed by atoms with Gasteiger partial charge in [-0.2, -0.15) is 13.2 Å². The van der Waals surface area contributed by atoms with Crippen molar-refractivity contribution in [2.75, 3.05) is 13.1 Å². The van der Waals surface area contributed by atoms with Gasteiger partial charge in [-0.3, -0.25) is 0 Å². The first kappa shape index (κ1) is 25.0. The Balaban J connectivity index is 0.00000320. The Bertz CT molecular complexity index is 1020. The highest BCUT2D eigenvalue weighted by Crippen LogP contribution is 2.41. The van der Waals surface area contributed by atoms with Crippen molar-refractivity contribution in [3.63, 3.8) is 0 Å². The van der Waals surface area contributed by atoms with Crippen LogP contribution in [0.1, 0.15) is 43.4 Å². The first-order valence-corrected chi connectivity index (χ1v) is 10.3. The Morgan fingerprint density at radius 3 is 2.37 bits per heavy atom. The number of hydrogen-bond donors (Lipinski definition) is 2. The van der Waals surface area contributed by atoms with E-state index >= 15 is 0 Å². The van der Waals surface area contributed by atoms with Crippen LogP contribution in [0.3, 0.4) is 0 Å². The molecule has 2 nitrogen and oxygen atoms in total. The van der Waals surface area contributed by atoms with Gasteiger partial charge < -0.3 is 10.4 Å². The van der Waals surface area contributed by atoms with Crippen molar-refractivity contribution < 1.29 is 18.3 Å². The molecule has 1 atom stereocenters. The number of rotatable bonds is 7. The predicted molar refractivity (Wildman–Crippen MR) is 121 cm³/mol. The topological polar surface area (TPSA) is 32.3 Å². The van der Waals surface area contributed by atoms with Crippen LogP contribution in [0.15, 0.2) is 36.4 Å². The summed E-state index contributed by atoms with van der Waals surface area (Å²) >= 11 is 13.0. The number of unbranched alkanes of at least 4 members (excludes halogenated alkanes) is 1. The molecular weight excluding hydrogens is 458 g/mol. The molecule has 2 N–H and O–H groups in total. The highest BCUT2D eigenvalue weighted by molar-refractivity contribution is 6.41. The normalized spacial score (nSPS) is 12.9. The third-order valence-electron chi connectivity index (χ3n) is 5.03. The molecule has 0 aliphatic carbocycles. The van der Waals surface area contributed by atoms with E-state index in [1.54, 1.807) is 18.2 Å². The van der Waals surface area contributed by atoms with Gasteiger partial charge in [0.1, 0.15) is 0 Å². The molecule has 3 aromatic rings. The molecule has 30 heavy (non-hydrogen) atoms. The summed E-state index contributed by atoms with van der Waals surface area (Å²) in [5.74, 6) is 0. The van der Waals surface area contributed by atoms with E-state index in [9.17, 15) is 18.3 Å². The second kappa shape index (κ2) is 10.4. The van der Waals surface area contributed by atoms with E-state index in [0.29, 0.717) is 40.1 Å². The minimum Gasteiger partial charge on any atom is -0.388 e. The lowest BCUT2D eigenvalue weighted by molar-refractivity contribution is -0.137. The molecule has 3 rings (SSSR count). The number of nitrogens with one attached hydrogen (secondary N) is 1. The maximum absolute atomic E-state index is 13.1. The van der Waals surface area contributed by atoms with E-state index < -0.39 is 17.8 Å². The summed E-state index contributed by atoms with van der Waals surface area (Å²) in [5, 5.41) is 16.5. The molecule has 0 bridgehead atoms. The van der Waals surface area contributed by atoms with Crippen LogP contribution in [0.4, 0.5) is 13.2 Å². The number of aliphatic hydroxyl groups excluding tert-OH is 1. The smallest absolute Gasteiger partial charge is 0.388 e. The standard InChI is InChI=1S/C22H22Cl2F3NO.ClH/c1-2-3-9-28-10-8-19(29)20-18(23)12-17-15(21(20)24)7-5-13-4-6-14(11-16(13)17)22(25,26)27;/h4-7,11-12,19,28-29H,2-3,8-10H2,1H3;1H. The average Bonchev–Trinajstić information content (AvgIpc) is 2.66. The van der Waals surface area contributed by atoms with E-state index in [2.05, 4.69) is 12.2 Å². The summed E-state index contributed by atoms with van der Waals surface area (Å²) in [6.07, 6.45) is -2.74. The van der Waals surface area contributed by atoms with Gasteiger partial charge in [0.15, 0.2) is 0 Å². The zero-order valence-corrected chi connectivity index (χ0v) is 18.7. The minimum atomic E-state index is -4.44. The third kappa shape index (κ3) is 5.32. The van der Waals surface area contributed by atoms with E-state index in [-0.39, 0.29) is 22.5 Å². The summed E-state index contributed by atoms with van der Waals surface area (Å²) < 4.78 is 39.4. The number of aliphatic hydroxyl groups is 1. The molecule has 3 aromatic carbocycles. The summed E-state index contributed by atoms with van der Waals surface area (Å²) in [6.45, 7) is 3.58. The molecule has 164 valence electrons. The maximum Gasteiger partial charge on any atom is 0.416 e. The third-order valence-corrected chi connectivity index (χ3v) is 5.75. The summed E-state index contributed by atoms with van der Waals surface area (Å²) in [4.78, 5) is 0. The molecule has 8 heteroatoms. The van der Waals surface area contributed by atoms with Crippen molar-refractivity contribution in [2.24, 2.45) is 0 Å². The zero-order valence-electron chi connectivity index (χ0n) is 16.3. The van der Waals surface area contributed by atoms with Gasteiger partial charge in [-0.15, -0.1) is 12.4 Å². The van der Waals surface area contributed by atoms with Crippen molar-refractivity contribution >= 4 is 57.2 Å². The Hall–Kier alpha value is -1.24. The second-order valence-corrected chi connectivity index (χ2v) is 7.87. The van der Waals surface area contributed by atoms with Crippen LogP contribution in [0.25, 0.3) is 21.5 Å². The van der Waals surface area contributed by atoms with Gasteiger partial charge in [0.25, 0.3) is 0 Å². The molecule has 0 aromatic heterocycles. The van der Waals surface area contributed by atoms with E-state index in [1.807, 2.05) is 0 Å². The molecule has 0 heterocycles. The molecular formula is C22H23Cl3F3NO. The highest BCUT2D eigenvalue weighted by Gasteiger charge is 2.30. The van der Waals surface area contributed by atoms with Crippen LogP contribution in [-0.2, 0) is 6.18 Å². The lowest BCUT2D eigenvalue weighted by Crippen LogP contribution is -2.19. The molecule has 0 saturated carbocycles. The summed E-state index contributed by atoms with van der Waals surface area (Å²) in [6, 6.07) is 8.66. The SMILES string of the molecule is CCCCNCCC(O)c1c(Cl)cc2c(ccc3ccc(C(F)(F)F)cc32)c1Cl.Cl. The predicted octanol–water partition coefficient (Wildman–Crippen LogP) is 7.55. The maximum atomic E-state index is 13.1. The Morgan fingerprint density at radius 1 is 1.00 bits per heavy atom. The van der Waals surface area contributed by atoms with Crippen LogP contribution in [0.2, 0.25) is 10.0 Å². The Morgan fingerprint density at radius 2 is 1.70 bits per heavy atom. The first-order valence-electron chi connectivity index (χ1n) is 9.54.